The summed E-state index contributed by atoms with van der Waals surface area (Å²) in [5.74, 6) is 0.898. The lowest BCUT2D eigenvalue weighted by atomic mass is 9.83. The number of rotatable bonds is 3. The molecule has 32 heavy (non-hydrogen) atoms. The molecule has 0 radical (unpaired) electrons. The number of fused-ring (bicyclic) bond motifs is 5. The number of carbonyl (C=O) groups excluding carboxylic acids is 1. The molecule has 7 heteroatoms. The summed E-state index contributed by atoms with van der Waals surface area (Å²) >= 11 is 0. The molecule has 0 spiro atoms. The number of benzene rings is 1. The first-order valence-corrected chi connectivity index (χ1v) is 11.0. The predicted octanol–water partition coefficient (Wildman–Crippen LogP) is 2.90. The molecule has 0 saturated carbocycles. The van der Waals surface area contributed by atoms with Gasteiger partial charge in [0.05, 0.1) is 0 Å². The van der Waals surface area contributed by atoms with E-state index in [4.69, 9.17) is 9.15 Å². The van der Waals surface area contributed by atoms with Gasteiger partial charge in [0.1, 0.15) is 11.3 Å². The van der Waals surface area contributed by atoms with E-state index in [0.717, 1.165) is 23.1 Å². The van der Waals surface area contributed by atoms with Crippen LogP contribution in [0.1, 0.15) is 34.7 Å². The van der Waals surface area contributed by atoms with Gasteiger partial charge in [0.25, 0.3) is 11.5 Å². The van der Waals surface area contributed by atoms with Crippen molar-refractivity contribution in [3.63, 3.8) is 0 Å². The monoisotopic (exact) mass is 434 g/mol. The first-order chi connectivity index (χ1) is 15.3. The minimum atomic E-state index is -0.356. The van der Waals surface area contributed by atoms with Gasteiger partial charge in [-0.15, -0.1) is 0 Å². The fourth-order valence-corrected chi connectivity index (χ4v) is 5.11. The third kappa shape index (κ3) is 3.32. The maximum Gasteiger partial charge on any atom is 0.339 e. The van der Waals surface area contributed by atoms with Gasteiger partial charge in [-0.3, -0.25) is 9.59 Å². The summed E-state index contributed by atoms with van der Waals surface area (Å²) < 4.78 is 13.2. The molecule has 1 amide bonds. The van der Waals surface area contributed by atoms with Crippen LogP contribution in [0.4, 0.5) is 0 Å². The molecule has 1 saturated heterocycles. The summed E-state index contributed by atoms with van der Waals surface area (Å²) in [6, 6.07) is 9.07. The minimum Gasteiger partial charge on any atom is -0.483 e. The molecule has 2 atom stereocenters. The molecule has 2 bridgehead atoms. The number of nitrogens with zero attached hydrogens (tertiary/aromatic N) is 2. The number of amides is 1. The highest BCUT2D eigenvalue weighted by atomic mass is 16.5. The Morgan fingerprint density at radius 3 is 2.66 bits per heavy atom. The van der Waals surface area contributed by atoms with E-state index in [1.165, 1.54) is 0 Å². The number of hydrogen-bond donors (Lipinski definition) is 0. The summed E-state index contributed by atoms with van der Waals surface area (Å²) in [6.45, 7) is 7.27. The number of ether oxygens (including phenoxy) is 1. The summed E-state index contributed by atoms with van der Waals surface area (Å²) in [6.07, 6.45) is 0.996. The fourth-order valence-electron chi connectivity index (χ4n) is 5.11. The van der Waals surface area contributed by atoms with Crippen molar-refractivity contribution in [3.8, 4) is 5.75 Å². The van der Waals surface area contributed by atoms with E-state index < -0.39 is 0 Å². The van der Waals surface area contributed by atoms with Crippen LogP contribution in [0.5, 0.6) is 5.75 Å². The molecule has 1 fully saturated rings. The van der Waals surface area contributed by atoms with Gasteiger partial charge in [-0.1, -0.05) is 6.07 Å². The van der Waals surface area contributed by atoms with Crippen LogP contribution in [0.25, 0.3) is 11.0 Å². The van der Waals surface area contributed by atoms with Crippen LogP contribution in [0.2, 0.25) is 0 Å². The number of pyridine rings is 1. The molecule has 1 aromatic carbocycles. The average molecular weight is 434 g/mol. The standard InChI is InChI=1S/C25H26N2O5/c1-14-15(2)25(30)32-24-16(3)21(8-7-19(14)24)31-13-23(29)26-10-17-9-18(12-26)20-5-4-6-22(28)27(20)11-17/h4-8,17-18H,9-13H2,1-3H3/t17-,18-/m1/s1. The van der Waals surface area contributed by atoms with Crippen molar-refractivity contribution in [3.05, 3.63) is 73.5 Å². The molecule has 4 heterocycles. The summed E-state index contributed by atoms with van der Waals surface area (Å²) in [4.78, 5) is 39.1. The van der Waals surface area contributed by atoms with Crippen molar-refractivity contribution in [1.29, 1.82) is 0 Å². The quantitative estimate of drug-likeness (QED) is 0.592. The Hall–Kier alpha value is -3.35. The number of hydrogen-bond acceptors (Lipinski definition) is 5. The Morgan fingerprint density at radius 2 is 1.84 bits per heavy atom. The molecular formula is C25H26N2O5. The van der Waals surface area contributed by atoms with Crippen molar-refractivity contribution >= 4 is 16.9 Å². The molecule has 2 aromatic heterocycles. The molecule has 5 rings (SSSR count). The van der Waals surface area contributed by atoms with Crippen LogP contribution < -0.4 is 15.9 Å². The van der Waals surface area contributed by atoms with Gasteiger partial charge >= 0.3 is 5.63 Å². The van der Waals surface area contributed by atoms with E-state index in [1.54, 1.807) is 19.1 Å². The molecule has 2 aliphatic rings. The zero-order valence-corrected chi connectivity index (χ0v) is 18.5. The second kappa shape index (κ2) is 7.65. The van der Waals surface area contributed by atoms with E-state index in [0.29, 0.717) is 42.1 Å². The number of aryl methyl sites for hydroxylation is 2. The smallest absolute Gasteiger partial charge is 0.339 e. The number of aromatic nitrogens is 1. The topological polar surface area (TPSA) is 81.8 Å². The van der Waals surface area contributed by atoms with Gasteiger partial charge in [-0.25, -0.2) is 4.79 Å². The van der Waals surface area contributed by atoms with Crippen molar-refractivity contribution in [2.24, 2.45) is 5.92 Å². The van der Waals surface area contributed by atoms with Crippen LogP contribution in [-0.4, -0.2) is 35.1 Å². The number of carbonyl (C=O) groups is 1. The lowest BCUT2D eigenvalue weighted by molar-refractivity contribution is -0.136. The second-order valence-corrected chi connectivity index (χ2v) is 8.99. The Bertz CT molecular complexity index is 1350. The number of piperidine rings is 1. The lowest BCUT2D eigenvalue weighted by Gasteiger charge is -2.42. The van der Waals surface area contributed by atoms with Crippen LogP contribution >= 0.6 is 0 Å². The predicted molar refractivity (Wildman–Crippen MR) is 120 cm³/mol. The largest absolute Gasteiger partial charge is 0.483 e. The Kier molecular flexibility index (Phi) is 4.92. The second-order valence-electron chi connectivity index (χ2n) is 8.99. The molecule has 3 aromatic rings. The zero-order chi connectivity index (χ0) is 22.6. The number of likely N-dealkylation sites (tertiary alicyclic amines) is 1. The van der Waals surface area contributed by atoms with Crippen LogP contribution in [-0.2, 0) is 11.3 Å². The third-order valence-electron chi connectivity index (χ3n) is 7.01. The summed E-state index contributed by atoms with van der Waals surface area (Å²) in [5.41, 5.74) is 3.38. The zero-order valence-electron chi connectivity index (χ0n) is 18.5. The lowest BCUT2D eigenvalue weighted by Crippen LogP contribution is -2.50. The summed E-state index contributed by atoms with van der Waals surface area (Å²) in [7, 11) is 0. The average Bonchev–Trinajstić information content (AvgIpc) is 2.78. The van der Waals surface area contributed by atoms with Crippen molar-refractivity contribution in [2.75, 3.05) is 19.7 Å². The molecule has 0 unspecified atom stereocenters. The van der Waals surface area contributed by atoms with Gasteiger partial charge in [-0.2, -0.15) is 0 Å². The van der Waals surface area contributed by atoms with Crippen molar-refractivity contribution in [2.45, 2.75) is 39.7 Å². The van der Waals surface area contributed by atoms with Gasteiger partial charge in [-0.05, 0) is 56.9 Å². The fraction of sp³-hybridized carbons (Fsp3) is 0.400. The SMILES string of the molecule is Cc1c(C)c2ccc(OCC(=O)N3C[C@H]4C[C@H](C3)c3cccc(=O)n3C4)c(C)c2oc1=O. The minimum absolute atomic E-state index is 0.0316. The highest BCUT2D eigenvalue weighted by Crippen LogP contribution is 2.35. The normalized spacial score (nSPS) is 19.7. The molecule has 7 nitrogen and oxygen atoms in total. The molecule has 0 aliphatic carbocycles. The van der Waals surface area contributed by atoms with Crippen molar-refractivity contribution in [1.82, 2.24) is 9.47 Å². The van der Waals surface area contributed by atoms with E-state index in [2.05, 4.69) is 0 Å². The highest BCUT2D eigenvalue weighted by Gasteiger charge is 2.36. The maximum atomic E-state index is 13.0. The highest BCUT2D eigenvalue weighted by molar-refractivity contribution is 5.86. The van der Waals surface area contributed by atoms with E-state index in [-0.39, 0.29) is 35.5 Å². The van der Waals surface area contributed by atoms with Crippen LogP contribution in [0, 0.1) is 26.7 Å². The molecule has 0 N–H and O–H groups in total. The van der Waals surface area contributed by atoms with E-state index >= 15 is 0 Å². The van der Waals surface area contributed by atoms with Gasteiger partial charge in [0, 0.05) is 53.8 Å². The van der Waals surface area contributed by atoms with E-state index in [9.17, 15) is 14.4 Å². The maximum absolute atomic E-state index is 13.0. The van der Waals surface area contributed by atoms with Gasteiger partial charge in [0.2, 0.25) is 0 Å². The first kappa shape index (κ1) is 20.5. The molecule has 2 aliphatic heterocycles. The van der Waals surface area contributed by atoms with Crippen LogP contribution in [0.15, 0.2) is 44.3 Å². The Balaban J connectivity index is 1.33. The van der Waals surface area contributed by atoms with Gasteiger partial charge < -0.3 is 18.6 Å². The van der Waals surface area contributed by atoms with Crippen molar-refractivity contribution < 1.29 is 13.9 Å². The van der Waals surface area contributed by atoms with Crippen LogP contribution in [0.3, 0.4) is 0 Å². The van der Waals surface area contributed by atoms with E-state index in [1.807, 2.05) is 41.5 Å². The Labute approximate surface area is 185 Å². The molecule has 166 valence electrons. The third-order valence-corrected chi connectivity index (χ3v) is 7.01. The molecular weight excluding hydrogens is 408 g/mol. The van der Waals surface area contributed by atoms with Gasteiger partial charge in [0.15, 0.2) is 6.61 Å². The Morgan fingerprint density at radius 1 is 1.03 bits per heavy atom. The summed E-state index contributed by atoms with van der Waals surface area (Å²) in [5, 5.41) is 0.871. The first-order valence-electron chi connectivity index (χ1n) is 11.0.